The maximum absolute atomic E-state index is 12.5. The highest BCUT2D eigenvalue weighted by atomic mass is 16.5. The van der Waals surface area contributed by atoms with Crippen LogP contribution in [0.2, 0.25) is 0 Å². The first-order valence-corrected chi connectivity index (χ1v) is 9.99. The Morgan fingerprint density at radius 1 is 0.871 bits per heavy atom. The van der Waals surface area contributed by atoms with Crippen molar-refractivity contribution < 1.29 is 9.47 Å². The average Bonchev–Trinajstić information content (AvgIpc) is 2.82. The number of ether oxygens (including phenoxy) is 2. The number of aromatic nitrogens is 2. The Balaban J connectivity index is 1.47. The number of H-pyrrole nitrogens is 1. The van der Waals surface area contributed by atoms with Crippen molar-refractivity contribution in [2.75, 3.05) is 7.11 Å². The molecule has 0 aliphatic rings. The van der Waals surface area contributed by atoms with Gasteiger partial charge in [0.1, 0.15) is 23.9 Å². The van der Waals surface area contributed by atoms with Gasteiger partial charge >= 0.3 is 0 Å². The van der Waals surface area contributed by atoms with Gasteiger partial charge in [-0.2, -0.15) is 0 Å². The Kier molecular flexibility index (Phi) is 4.84. The van der Waals surface area contributed by atoms with Gasteiger partial charge in [0.15, 0.2) is 0 Å². The van der Waals surface area contributed by atoms with Gasteiger partial charge in [-0.15, -0.1) is 0 Å². The molecule has 5 heteroatoms. The number of fused-ring (bicyclic) bond motifs is 2. The van der Waals surface area contributed by atoms with Gasteiger partial charge in [0, 0.05) is 11.1 Å². The van der Waals surface area contributed by atoms with Crippen LogP contribution < -0.4 is 15.0 Å². The number of para-hydroxylation sites is 1. The zero-order valence-corrected chi connectivity index (χ0v) is 17.0. The molecule has 0 bridgehead atoms. The third-order valence-corrected chi connectivity index (χ3v) is 5.28. The van der Waals surface area contributed by atoms with E-state index < -0.39 is 0 Å². The predicted molar refractivity (Wildman–Crippen MR) is 123 cm³/mol. The van der Waals surface area contributed by atoms with Crippen molar-refractivity contribution in [3.05, 3.63) is 101 Å². The summed E-state index contributed by atoms with van der Waals surface area (Å²) in [6, 6.07) is 27.2. The van der Waals surface area contributed by atoms with E-state index in [1.54, 1.807) is 13.2 Å². The van der Waals surface area contributed by atoms with E-state index in [1.165, 1.54) is 5.39 Å². The normalized spacial score (nSPS) is 11.0. The van der Waals surface area contributed by atoms with Gasteiger partial charge < -0.3 is 14.5 Å². The second-order valence-corrected chi connectivity index (χ2v) is 7.26. The fraction of sp³-hybridized carbons (Fsp3) is 0.0769. The molecule has 0 amide bonds. The van der Waals surface area contributed by atoms with Crippen LogP contribution in [-0.2, 0) is 6.61 Å². The molecule has 5 nitrogen and oxygen atoms in total. The van der Waals surface area contributed by atoms with Crippen LogP contribution >= 0.6 is 0 Å². The van der Waals surface area contributed by atoms with Crippen molar-refractivity contribution >= 4 is 21.7 Å². The van der Waals surface area contributed by atoms with E-state index in [0.717, 1.165) is 22.3 Å². The zero-order valence-electron chi connectivity index (χ0n) is 17.0. The van der Waals surface area contributed by atoms with Crippen molar-refractivity contribution in [3.8, 4) is 22.9 Å². The summed E-state index contributed by atoms with van der Waals surface area (Å²) in [7, 11) is 1.63. The molecular weight excluding hydrogens is 388 g/mol. The van der Waals surface area contributed by atoms with Gasteiger partial charge in [-0.1, -0.05) is 42.5 Å². The number of nitrogens with zero attached hydrogens (tertiary/aromatic N) is 1. The first kappa shape index (κ1) is 18.9. The van der Waals surface area contributed by atoms with Crippen LogP contribution in [-0.4, -0.2) is 17.1 Å². The van der Waals surface area contributed by atoms with Gasteiger partial charge in [-0.3, -0.25) is 4.79 Å². The van der Waals surface area contributed by atoms with Crippen LogP contribution in [0.15, 0.2) is 89.7 Å². The minimum atomic E-state index is -0.162. The highest BCUT2D eigenvalue weighted by Gasteiger charge is 2.11. The Labute approximate surface area is 178 Å². The number of nitrogens with one attached hydrogen (secondary N) is 1. The van der Waals surface area contributed by atoms with E-state index in [-0.39, 0.29) is 5.56 Å². The molecule has 1 aromatic heterocycles. The molecule has 0 atom stereocenters. The molecule has 0 saturated carbocycles. The molecule has 0 saturated heterocycles. The predicted octanol–water partition coefficient (Wildman–Crippen LogP) is 5.33. The fourth-order valence-corrected chi connectivity index (χ4v) is 3.68. The summed E-state index contributed by atoms with van der Waals surface area (Å²) in [4.78, 5) is 19.9. The standard InChI is InChI=1S/C26H20N2O3/c1-30-24-13-11-19(25-27-23-9-5-4-8-22(23)26(29)28-25)14-20(24)16-31-21-12-10-17-6-2-3-7-18(17)15-21/h2-15H,16H2,1H3,(H,27,28,29). The first-order chi connectivity index (χ1) is 15.2. The van der Waals surface area contributed by atoms with E-state index in [1.807, 2.05) is 66.7 Å². The molecule has 1 heterocycles. The lowest BCUT2D eigenvalue weighted by molar-refractivity contribution is 0.297. The lowest BCUT2D eigenvalue weighted by atomic mass is 10.1. The average molecular weight is 408 g/mol. The molecule has 1 N–H and O–H groups in total. The van der Waals surface area contributed by atoms with Gasteiger partial charge in [-0.05, 0) is 53.2 Å². The van der Waals surface area contributed by atoms with Crippen molar-refractivity contribution in [3.63, 3.8) is 0 Å². The molecule has 0 aliphatic carbocycles. The van der Waals surface area contributed by atoms with Crippen LogP contribution in [0.1, 0.15) is 5.56 Å². The molecule has 5 rings (SSSR count). The van der Waals surface area contributed by atoms with Crippen LogP contribution in [0.4, 0.5) is 0 Å². The maximum atomic E-state index is 12.5. The molecular formula is C26H20N2O3. The number of methoxy groups -OCH3 is 1. The van der Waals surface area contributed by atoms with Gasteiger partial charge in [0.25, 0.3) is 5.56 Å². The molecule has 0 spiro atoms. The van der Waals surface area contributed by atoms with E-state index in [2.05, 4.69) is 22.1 Å². The molecule has 0 radical (unpaired) electrons. The minimum absolute atomic E-state index is 0.162. The summed E-state index contributed by atoms with van der Waals surface area (Å²) in [6.07, 6.45) is 0. The zero-order chi connectivity index (χ0) is 21.2. The monoisotopic (exact) mass is 408 g/mol. The second-order valence-electron chi connectivity index (χ2n) is 7.26. The van der Waals surface area contributed by atoms with Gasteiger partial charge in [-0.25, -0.2) is 4.98 Å². The number of rotatable bonds is 5. The fourth-order valence-electron chi connectivity index (χ4n) is 3.68. The number of hydrogen-bond acceptors (Lipinski definition) is 4. The SMILES string of the molecule is COc1ccc(-c2nc3ccccc3c(=O)[nH]2)cc1COc1ccc2ccccc2c1. The smallest absolute Gasteiger partial charge is 0.259 e. The van der Waals surface area contributed by atoms with Crippen LogP contribution in [0.3, 0.4) is 0 Å². The van der Waals surface area contributed by atoms with Crippen molar-refractivity contribution in [2.24, 2.45) is 0 Å². The highest BCUT2D eigenvalue weighted by Crippen LogP contribution is 2.27. The van der Waals surface area contributed by atoms with E-state index in [4.69, 9.17) is 9.47 Å². The number of aromatic amines is 1. The Hall–Kier alpha value is -4.12. The third-order valence-electron chi connectivity index (χ3n) is 5.28. The van der Waals surface area contributed by atoms with Crippen LogP contribution in [0.25, 0.3) is 33.1 Å². The van der Waals surface area contributed by atoms with Crippen molar-refractivity contribution in [2.45, 2.75) is 6.61 Å². The summed E-state index contributed by atoms with van der Waals surface area (Å²) >= 11 is 0. The van der Waals surface area contributed by atoms with Gasteiger partial charge in [0.05, 0.1) is 18.0 Å². The largest absolute Gasteiger partial charge is 0.496 e. The summed E-state index contributed by atoms with van der Waals surface area (Å²) < 4.78 is 11.6. The third kappa shape index (κ3) is 3.73. The van der Waals surface area contributed by atoms with E-state index in [0.29, 0.717) is 29.1 Å². The van der Waals surface area contributed by atoms with Crippen molar-refractivity contribution in [1.82, 2.24) is 9.97 Å². The highest BCUT2D eigenvalue weighted by molar-refractivity contribution is 5.83. The molecule has 4 aromatic carbocycles. The summed E-state index contributed by atoms with van der Waals surface area (Å²) in [5.41, 5.74) is 2.15. The molecule has 5 aromatic rings. The van der Waals surface area contributed by atoms with Crippen LogP contribution in [0, 0.1) is 0 Å². The van der Waals surface area contributed by atoms with E-state index in [9.17, 15) is 4.79 Å². The summed E-state index contributed by atoms with van der Waals surface area (Å²) in [5.74, 6) is 2.01. The lowest BCUT2D eigenvalue weighted by Gasteiger charge is -2.13. The quantitative estimate of drug-likeness (QED) is 0.427. The van der Waals surface area contributed by atoms with Crippen molar-refractivity contribution in [1.29, 1.82) is 0 Å². The Bertz CT molecular complexity index is 1460. The summed E-state index contributed by atoms with van der Waals surface area (Å²) in [5, 5.41) is 2.86. The number of hydrogen-bond donors (Lipinski definition) is 1. The van der Waals surface area contributed by atoms with E-state index >= 15 is 0 Å². The molecule has 0 unspecified atom stereocenters. The maximum Gasteiger partial charge on any atom is 0.259 e. The Morgan fingerprint density at radius 2 is 1.68 bits per heavy atom. The van der Waals surface area contributed by atoms with Gasteiger partial charge in [0.2, 0.25) is 0 Å². The molecule has 152 valence electrons. The Morgan fingerprint density at radius 3 is 2.55 bits per heavy atom. The van der Waals surface area contributed by atoms with Crippen LogP contribution in [0.5, 0.6) is 11.5 Å². The molecule has 0 aliphatic heterocycles. The minimum Gasteiger partial charge on any atom is -0.496 e. The lowest BCUT2D eigenvalue weighted by Crippen LogP contribution is -2.09. The molecule has 31 heavy (non-hydrogen) atoms. The molecule has 0 fully saturated rings. The topological polar surface area (TPSA) is 64.2 Å². The first-order valence-electron chi connectivity index (χ1n) is 9.99. The second kappa shape index (κ2) is 7.95. The summed E-state index contributed by atoms with van der Waals surface area (Å²) in [6.45, 7) is 0.327. The number of benzene rings is 4.